The average molecular weight is 1870 g/mol. The zero-order chi connectivity index (χ0) is 99.6. The maximum atomic E-state index is 2.46. The van der Waals surface area contributed by atoms with E-state index in [4.69, 9.17) is 0 Å². The van der Waals surface area contributed by atoms with Crippen LogP contribution in [-0.2, 0) is 47.8 Å². The van der Waals surface area contributed by atoms with Crippen LogP contribution >= 0.6 is 0 Å². The molecule has 0 radical (unpaired) electrons. The van der Waals surface area contributed by atoms with Gasteiger partial charge < -0.3 is 18.3 Å². The largest absolute Gasteiger partial charge is 0.341 e. The summed E-state index contributed by atoms with van der Waals surface area (Å²) in [6.07, 6.45) is 0. The molecule has 0 bridgehead atoms. The van der Waals surface area contributed by atoms with Crippen molar-refractivity contribution in [3.05, 3.63) is 408 Å². The van der Waals surface area contributed by atoms with E-state index >= 15 is 0 Å². The van der Waals surface area contributed by atoms with Gasteiger partial charge in [0, 0.05) is 113 Å². The van der Waals surface area contributed by atoms with Gasteiger partial charge in [-0.1, -0.05) is 372 Å². The second kappa shape index (κ2) is 35.4. The fourth-order valence-electron chi connectivity index (χ4n) is 23.5. The lowest BCUT2D eigenvalue weighted by molar-refractivity contribution is 0.591. The monoisotopic (exact) mass is 1870 g/mol. The highest BCUT2D eigenvalue weighted by molar-refractivity contribution is 6.24. The zero-order valence-corrected chi connectivity index (χ0v) is 87.3. The van der Waals surface area contributed by atoms with Gasteiger partial charge in [-0.15, -0.1) is 0 Å². The van der Waals surface area contributed by atoms with Crippen LogP contribution in [0.2, 0.25) is 0 Å². The number of aryl methyl sites for hydroxylation is 8. The first-order chi connectivity index (χ1) is 69.3. The van der Waals surface area contributed by atoms with Crippen LogP contribution in [0.1, 0.15) is 155 Å². The van der Waals surface area contributed by atoms with Gasteiger partial charge in [0.05, 0.1) is 0 Å². The quantitative estimate of drug-likeness (QED) is 0.0967. The van der Waals surface area contributed by atoms with E-state index in [0.29, 0.717) is 0 Å². The summed E-state index contributed by atoms with van der Waals surface area (Å²) in [6, 6.07) is 140. The molecular formula is C140H128N4. The predicted octanol–water partition coefficient (Wildman–Crippen LogP) is 39.6. The number of nitrogens with zero attached hydrogens (tertiary/aromatic N) is 4. The SMILES string of the molecule is CCn1c2ccc(-c3ccc(-c4c5ccc(C)cc5c(-c5ccc(-c6ccc7c(c6)c6cc(C(C)(C)C)ccc6n7CC)cc5)c5ccc(C)cc45)cc3)cc2c2cc(C(C)(C)C)ccc21.CCn1c2ccc(-c3ccc(-c4ccc(-c5c6ccc(C)cc6c(-c6ccc(-c7ccc(-c8ccc9c(c8)c8cc(C(C)(C)C)ccc8n9CC)cc7)cc6)c6ccc(C)cc56)cc4)cc3)cc2c2cc(C(C)(C)C)ccc21. The molecule has 4 nitrogen and oxygen atoms in total. The van der Waals surface area contributed by atoms with Crippen molar-refractivity contribution in [2.45, 2.75) is 186 Å². The van der Waals surface area contributed by atoms with E-state index in [1.165, 1.54) is 286 Å². The summed E-state index contributed by atoms with van der Waals surface area (Å²) in [5.74, 6) is 0. The van der Waals surface area contributed by atoms with Gasteiger partial charge in [-0.05, 0) is 351 Å². The first kappa shape index (κ1) is 92.4. The van der Waals surface area contributed by atoms with E-state index in [-0.39, 0.29) is 21.7 Å². The van der Waals surface area contributed by atoms with Crippen LogP contribution < -0.4 is 0 Å². The standard InChI is InChI=1S/C76H68N2.C64H60N2/c1-11-77-69-37-31-57(43-63(69)65-45-59(75(5,6)7)33-39-71(65)77)53-19-15-49(16-20-53)51-23-27-55(28-24-51)73-61-35-13-48(4)42-68(61)74(62-36-14-47(3)41-67(62)73)56-29-25-52(26-30-56)50-17-21-54(22-18-50)58-32-38-70-64(44-58)66-46-60(76(8,9)10)34-40-72(66)78(70)12-2;1-11-65-57-29-23-45(35-51(57)53-37-47(63(5,6)7)25-31-59(53)65)41-15-19-43(20-16-41)61-49-27-13-40(4)34-56(49)62(50-28-14-39(3)33-55(50)61)44-21-17-42(18-22-44)46-24-30-58-52(36-46)54-38-48(64(8,9)10)26-32-60(54)66(58)12-2/h13-46H,11-12H2,1-10H3;13-38H,11-12H2,1-10H3. The van der Waals surface area contributed by atoms with E-state index in [1.807, 2.05) is 0 Å². The lowest BCUT2D eigenvalue weighted by Crippen LogP contribution is -2.10. The molecule has 0 unspecified atom stereocenters. The van der Waals surface area contributed by atoms with Gasteiger partial charge in [-0.2, -0.15) is 0 Å². The molecule has 0 spiro atoms. The zero-order valence-electron chi connectivity index (χ0n) is 87.3. The van der Waals surface area contributed by atoms with Crippen molar-refractivity contribution >= 4 is 130 Å². The van der Waals surface area contributed by atoms with Crippen LogP contribution in [0.25, 0.3) is 242 Å². The first-order valence-corrected chi connectivity index (χ1v) is 52.2. The Labute approximate surface area is 848 Å². The van der Waals surface area contributed by atoms with E-state index in [2.05, 4.69) is 521 Å². The summed E-state index contributed by atoms with van der Waals surface area (Å²) >= 11 is 0. The number of aromatic nitrogens is 4. The molecule has 0 fully saturated rings. The van der Waals surface area contributed by atoms with Crippen molar-refractivity contribution in [2.75, 3.05) is 0 Å². The van der Waals surface area contributed by atoms with E-state index in [0.717, 1.165) is 26.2 Å². The molecule has 20 aromatic carbocycles. The van der Waals surface area contributed by atoms with Crippen molar-refractivity contribution < 1.29 is 0 Å². The van der Waals surface area contributed by atoms with Crippen molar-refractivity contribution in [2.24, 2.45) is 0 Å². The Morgan fingerprint density at radius 2 is 0.285 bits per heavy atom. The first-order valence-electron chi connectivity index (χ1n) is 52.2. The minimum atomic E-state index is 0.0859. The number of hydrogen-bond acceptors (Lipinski definition) is 0. The molecule has 0 aliphatic rings. The van der Waals surface area contributed by atoms with Gasteiger partial charge in [0.1, 0.15) is 0 Å². The second-order valence-electron chi connectivity index (χ2n) is 45.0. The average Bonchev–Trinajstić information content (AvgIpc) is 1.31. The molecule has 24 aromatic rings. The summed E-state index contributed by atoms with van der Waals surface area (Å²) in [5, 5.41) is 20.9. The Kier molecular flexibility index (Phi) is 22.7. The normalized spacial score (nSPS) is 12.4. The predicted molar refractivity (Wildman–Crippen MR) is 626 cm³/mol. The third-order valence-corrected chi connectivity index (χ3v) is 31.5. The van der Waals surface area contributed by atoms with Gasteiger partial charge in [0.25, 0.3) is 0 Å². The summed E-state index contributed by atoms with van der Waals surface area (Å²) in [6.45, 7) is 49.2. The van der Waals surface area contributed by atoms with Crippen LogP contribution in [0.15, 0.2) is 364 Å². The van der Waals surface area contributed by atoms with Gasteiger partial charge >= 0.3 is 0 Å². The molecule has 0 amide bonds. The fraction of sp³-hybridized carbons (Fsp3) is 0.200. The van der Waals surface area contributed by atoms with Gasteiger partial charge in [0.15, 0.2) is 0 Å². The van der Waals surface area contributed by atoms with Crippen LogP contribution in [0.3, 0.4) is 0 Å². The molecule has 0 aliphatic carbocycles. The number of rotatable bonds is 14. The Hall–Kier alpha value is -15.4. The molecule has 0 N–H and O–H groups in total. The Morgan fingerprint density at radius 1 is 0.139 bits per heavy atom. The molecule has 0 atom stereocenters. The van der Waals surface area contributed by atoms with Crippen molar-refractivity contribution in [1.82, 2.24) is 18.3 Å². The summed E-state index contributed by atoms with van der Waals surface area (Å²) < 4.78 is 9.81. The van der Waals surface area contributed by atoms with E-state index in [1.54, 1.807) is 0 Å². The number of hydrogen-bond donors (Lipinski definition) is 0. The van der Waals surface area contributed by atoms with Crippen molar-refractivity contribution in [3.8, 4) is 111 Å². The maximum Gasteiger partial charge on any atom is 0.0491 e. The second-order valence-corrected chi connectivity index (χ2v) is 45.0. The van der Waals surface area contributed by atoms with Crippen molar-refractivity contribution in [3.63, 3.8) is 0 Å². The topological polar surface area (TPSA) is 19.7 Å². The molecule has 0 saturated heterocycles. The molecule has 24 rings (SSSR count). The molecule has 0 saturated carbocycles. The van der Waals surface area contributed by atoms with Crippen LogP contribution in [0.4, 0.5) is 0 Å². The third-order valence-electron chi connectivity index (χ3n) is 31.5. The van der Waals surface area contributed by atoms with Crippen molar-refractivity contribution in [1.29, 1.82) is 0 Å². The lowest BCUT2D eigenvalue weighted by Gasteiger charge is -2.19. The molecular weight excluding hydrogens is 1740 g/mol. The van der Waals surface area contributed by atoms with Gasteiger partial charge in [-0.3, -0.25) is 0 Å². The molecule has 0 aliphatic heterocycles. The number of fused-ring (bicyclic) bond motifs is 16. The summed E-state index contributed by atoms with van der Waals surface area (Å²) in [4.78, 5) is 0. The van der Waals surface area contributed by atoms with Gasteiger partial charge in [0.2, 0.25) is 0 Å². The highest BCUT2D eigenvalue weighted by atomic mass is 15.0. The molecule has 4 heterocycles. The highest BCUT2D eigenvalue weighted by Crippen LogP contribution is 2.51. The number of benzene rings is 20. The minimum absolute atomic E-state index is 0.0859. The molecule has 144 heavy (non-hydrogen) atoms. The fourth-order valence-corrected chi connectivity index (χ4v) is 23.5. The highest BCUT2D eigenvalue weighted by Gasteiger charge is 2.28. The van der Waals surface area contributed by atoms with Gasteiger partial charge in [-0.25, -0.2) is 0 Å². The molecule has 4 heteroatoms. The maximum absolute atomic E-state index is 2.46. The third kappa shape index (κ3) is 16.1. The van der Waals surface area contributed by atoms with E-state index < -0.39 is 0 Å². The Morgan fingerprint density at radius 3 is 0.451 bits per heavy atom. The Balaban J connectivity index is 0.000000162. The van der Waals surface area contributed by atoms with Crippen LogP contribution in [0, 0.1) is 27.7 Å². The molecule has 4 aromatic heterocycles. The lowest BCUT2D eigenvalue weighted by atomic mass is 9.84. The van der Waals surface area contributed by atoms with E-state index in [9.17, 15) is 0 Å². The van der Waals surface area contributed by atoms with Crippen LogP contribution in [-0.4, -0.2) is 18.3 Å². The summed E-state index contributed by atoms with van der Waals surface area (Å²) in [7, 11) is 0. The summed E-state index contributed by atoms with van der Waals surface area (Å²) in [5.41, 5.74) is 46.0. The Bertz CT molecular complexity index is 8750. The minimum Gasteiger partial charge on any atom is -0.341 e. The smallest absolute Gasteiger partial charge is 0.0491 e. The van der Waals surface area contributed by atoms with Crippen LogP contribution in [0.5, 0.6) is 0 Å². The molecule has 708 valence electrons.